The number of hydrogen-bond donors (Lipinski definition) is 1. The van der Waals surface area contributed by atoms with Crippen LogP contribution in [0.5, 0.6) is 0 Å². The molecule has 0 radical (unpaired) electrons. The van der Waals surface area contributed by atoms with Gasteiger partial charge in [-0.15, -0.1) is 0 Å². The fourth-order valence-electron chi connectivity index (χ4n) is 13.0. The van der Waals surface area contributed by atoms with Crippen LogP contribution in [0.15, 0.2) is 11.6 Å². The molecule has 44 heavy (non-hydrogen) atoms. The third-order valence-corrected chi connectivity index (χ3v) is 14.7. The van der Waals surface area contributed by atoms with E-state index in [0.29, 0.717) is 30.2 Å². The van der Waals surface area contributed by atoms with Crippen molar-refractivity contribution in [2.45, 2.75) is 129 Å². The lowest BCUT2D eigenvalue weighted by molar-refractivity contribution is -0.197. The summed E-state index contributed by atoms with van der Waals surface area (Å²) >= 11 is 0. The van der Waals surface area contributed by atoms with E-state index in [0.717, 1.165) is 44.3 Å². The summed E-state index contributed by atoms with van der Waals surface area (Å²) < 4.78 is 7.43. The lowest BCUT2D eigenvalue weighted by Crippen LogP contribution is -2.65. The molecule has 4 aliphatic carbocycles. The van der Waals surface area contributed by atoms with E-state index in [2.05, 4.69) is 43.6 Å². The van der Waals surface area contributed by atoms with Gasteiger partial charge in [-0.2, -0.15) is 0 Å². The summed E-state index contributed by atoms with van der Waals surface area (Å²) in [5.74, 6) is 1.10. The Morgan fingerprint density at radius 1 is 1.09 bits per heavy atom. The van der Waals surface area contributed by atoms with Gasteiger partial charge in [-0.3, -0.25) is 9.69 Å². The van der Waals surface area contributed by atoms with Gasteiger partial charge in [-0.1, -0.05) is 65.0 Å². The second kappa shape index (κ2) is 11.8. The molecule has 0 amide bonds. The molecule has 0 spiro atoms. The molecule has 0 aromatic carbocycles. The molecule has 0 aromatic rings. The first-order valence-electron chi connectivity index (χ1n) is 18.8. The highest BCUT2D eigenvalue weighted by Crippen LogP contribution is 2.84. The molecule has 246 valence electrons. The number of fused-ring (bicyclic) bond motifs is 2. The van der Waals surface area contributed by atoms with Crippen molar-refractivity contribution in [3.63, 3.8) is 0 Å². The van der Waals surface area contributed by atoms with E-state index in [-0.39, 0.29) is 30.0 Å². The molecule has 7 rings (SSSR count). The van der Waals surface area contributed by atoms with Gasteiger partial charge in [-0.05, 0) is 113 Å². The second-order valence-electron chi connectivity index (χ2n) is 16.8. The van der Waals surface area contributed by atoms with Gasteiger partial charge in [0.1, 0.15) is 11.7 Å². The number of carboxylic acids is 1. The number of rotatable bonds is 12. The number of hydrogen-bond acceptors (Lipinski definition) is 5. The molecule has 3 heterocycles. The highest BCUT2D eigenvalue weighted by molar-refractivity contribution is 5.90. The maximum absolute atomic E-state index is 14.1. The van der Waals surface area contributed by atoms with Crippen molar-refractivity contribution in [1.82, 2.24) is 9.80 Å². The number of carbonyl (C=O) groups excluding carboxylic acids is 1. The van der Waals surface area contributed by atoms with Gasteiger partial charge in [0, 0.05) is 24.5 Å². The van der Waals surface area contributed by atoms with E-state index in [9.17, 15) is 14.7 Å². The Kier molecular flexibility index (Phi) is 8.39. The first-order chi connectivity index (χ1) is 21.2. The van der Waals surface area contributed by atoms with E-state index in [1.54, 1.807) is 0 Å². The van der Waals surface area contributed by atoms with Gasteiger partial charge in [0.25, 0.3) is 0 Å². The van der Waals surface area contributed by atoms with E-state index < -0.39 is 22.2 Å². The highest BCUT2D eigenvalue weighted by atomic mass is 16.5. The standard InChI is InChI=1S/C38H60N2O4/c1-5-6-7-11-27-18-34(44-33(27)23-40-17-10-12-29(40)22-39-15-8-9-16-39)37-21-30-26(4)13-14-31(30)36(24-41)20-28(37)19-32(25(2)3)38(36,37)35(42)43/h19,24-31,33-34H,5-18,20-23H2,1-4H3,(H,42,43)/t26-,27?,28?,29+,30-,31-,33?,34?,36?,37?,38?/m1/s1. The number of allylic oxidation sites excluding steroid dienone is 1. The minimum atomic E-state index is -1.13. The van der Waals surface area contributed by atoms with Gasteiger partial charge in [0.15, 0.2) is 0 Å². The van der Waals surface area contributed by atoms with Gasteiger partial charge in [0.2, 0.25) is 0 Å². The number of ether oxygens (including phenoxy) is 1. The van der Waals surface area contributed by atoms with Gasteiger partial charge in [-0.25, -0.2) is 0 Å². The Morgan fingerprint density at radius 3 is 2.59 bits per heavy atom. The van der Waals surface area contributed by atoms with Crippen molar-refractivity contribution < 1.29 is 19.4 Å². The molecule has 3 aliphatic heterocycles. The van der Waals surface area contributed by atoms with Crippen molar-refractivity contribution in [2.24, 2.45) is 51.8 Å². The second-order valence-corrected chi connectivity index (χ2v) is 16.8. The summed E-state index contributed by atoms with van der Waals surface area (Å²) in [5, 5.41) is 11.6. The topological polar surface area (TPSA) is 70.1 Å². The summed E-state index contributed by atoms with van der Waals surface area (Å²) in [6.45, 7) is 14.8. The quantitative estimate of drug-likeness (QED) is 0.149. The van der Waals surface area contributed by atoms with Crippen LogP contribution in [-0.4, -0.2) is 78.1 Å². The van der Waals surface area contributed by atoms with Crippen LogP contribution in [0.3, 0.4) is 0 Å². The third-order valence-electron chi connectivity index (χ3n) is 14.7. The predicted molar refractivity (Wildman–Crippen MR) is 173 cm³/mol. The number of aldehydes is 1. The van der Waals surface area contributed by atoms with Crippen molar-refractivity contribution in [3.8, 4) is 0 Å². The number of carboxylic acid groups (broad SMARTS) is 1. The van der Waals surface area contributed by atoms with Crippen LogP contribution in [0.2, 0.25) is 0 Å². The number of carbonyl (C=O) groups is 2. The summed E-state index contributed by atoms with van der Waals surface area (Å²) in [6.07, 6.45) is 18.4. The summed E-state index contributed by atoms with van der Waals surface area (Å²) in [7, 11) is 0. The van der Waals surface area contributed by atoms with Crippen LogP contribution in [0.1, 0.15) is 111 Å². The summed E-state index contributed by atoms with van der Waals surface area (Å²) in [6, 6.07) is 0.616. The van der Waals surface area contributed by atoms with Crippen molar-refractivity contribution in [3.05, 3.63) is 11.6 Å². The average Bonchev–Trinajstić information content (AvgIpc) is 3.85. The fourth-order valence-corrected chi connectivity index (χ4v) is 13.0. The monoisotopic (exact) mass is 608 g/mol. The zero-order valence-electron chi connectivity index (χ0n) is 28.1. The fraction of sp³-hybridized carbons (Fsp3) is 0.895. The molecule has 6 heteroatoms. The molecule has 3 saturated heterocycles. The maximum Gasteiger partial charge on any atom is 0.315 e. The minimum absolute atomic E-state index is 0.0945. The summed E-state index contributed by atoms with van der Waals surface area (Å²) in [5.41, 5.74) is -1.41. The van der Waals surface area contributed by atoms with Crippen molar-refractivity contribution in [2.75, 3.05) is 32.7 Å². The molecule has 11 atom stereocenters. The number of likely N-dealkylation sites (tertiary alicyclic amines) is 2. The van der Waals surface area contributed by atoms with E-state index in [4.69, 9.17) is 4.74 Å². The zero-order valence-corrected chi connectivity index (χ0v) is 28.1. The molecule has 3 saturated carbocycles. The molecule has 4 bridgehead atoms. The Bertz CT molecular complexity index is 1130. The Balaban J connectivity index is 1.24. The first kappa shape index (κ1) is 31.4. The Hall–Kier alpha value is -1.24. The highest BCUT2D eigenvalue weighted by Gasteiger charge is 2.86. The SMILES string of the molecule is CCCCCC1CC(C23C[C@@H]4[C@H](C)CC[C@H]4C4(C=O)CC2C=C(C(C)C)C34C(=O)O)OC1CN1CCC[C@H]1CN1CCCC1. The largest absolute Gasteiger partial charge is 0.481 e. The Labute approximate surface area is 266 Å². The van der Waals surface area contributed by atoms with Crippen molar-refractivity contribution in [1.29, 1.82) is 0 Å². The van der Waals surface area contributed by atoms with Crippen LogP contribution >= 0.6 is 0 Å². The van der Waals surface area contributed by atoms with Crippen LogP contribution in [0.25, 0.3) is 0 Å². The number of nitrogens with zero attached hydrogens (tertiary/aromatic N) is 2. The zero-order chi connectivity index (χ0) is 30.9. The minimum Gasteiger partial charge on any atom is -0.481 e. The molecule has 0 aromatic heterocycles. The lowest BCUT2D eigenvalue weighted by atomic mass is 9.41. The van der Waals surface area contributed by atoms with Crippen LogP contribution in [-0.2, 0) is 14.3 Å². The van der Waals surface area contributed by atoms with Gasteiger partial charge < -0.3 is 19.5 Å². The molecule has 6 nitrogen and oxygen atoms in total. The molecule has 6 fully saturated rings. The van der Waals surface area contributed by atoms with E-state index in [1.807, 2.05) is 0 Å². The molecular weight excluding hydrogens is 548 g/mol. The van der Waals surface area contributed by atoms with E-state index >= 15 is 0 Å². The number of aliphatic carboxylic acids is 1. The molecule has 7 aliphatic rings. The average molecular weight is 609 g/mol. The lowest BCUT2D eigenvalue weighted by Gasteiger charge is -2.60. The van der Waals surface area contributed by atoms with Crippen LogP contribution < -0.4 is 0 Å². The number of unbranched alkanes of at least 4 members (excludes halogenated alkanes) is 2. The van der Waals surface area contributed by atoms with Crippen LogP contribution in [0.4, 0.5) is 0 Å². The van der Waals surface area contributed by atoms with E-state index in [1.165, 1.54) is 77.3 Å². The molecule has 7 unspecified atom stereocenters. The third kappa shape index (κ3) is 4.28. The molecule has 1 N–H and O–H groups in total. The first-order valence-corrected chi connectivity index (χ1v) is 18.8. The van der Waals surface area contributed by atoms with Crippen LogP contribution in [0, 0.1) is 51.8 Å². The molecular formula is C38H60N2O4. The predicted octanol–water partition coefficient (Wildman–Crippen LogP) is 6.83. The Morgan fingerprint density at radius 2 is 1.89 bits per heavy atom. The van der Waals surface area contributed by atoms with Crippen molar-refractivity contribution >= 4 is 12.3 Å². The van der Waals surface area contributed by atoms with Gasteiger partial charge >= 0.3 is 5.97 Å². The smallest absolute Gasteiger partial charge is 0.315 e. The normalized spacial score (nSPS) is 46.7. The summed E-state index contributed by atoms with van der Waals surface area (Å²) in [4.78, 5) is 33.1. The maximum atomic E-state index is 14.1. The van der Waals surface area contributed by atoms with Gasteiger partial charge in [0.05, 0.1) is 17.6 Å².